The number of aryl methyl sites for hydroxylation is 2. The maximum atomic E-state index is 13.1. The van der Waals surface area contributed by atoms with Gasteiger partial charge in [-0.25, -0.2) is 34.3 Å². The van der Waals surface area contributed by atoms with Crippen LogP contribution in [0, 0.1) is 13.8 Å². The molecule has 1 N–H and O–H groups in total. The first kappa shape index (κ1) is 20.3. The third-order valence-electron chi connectivity index (χ3n) is 6.27. The monoisotopic (exact) mass is 473 g/mol. The predicted octanol–water partition coefficient (Wildman–Crippen LogP) is 3.80. The van der Waals surface area contributed by atoms with Crippen molar-refractivity contribution in [1.82, 2.24) is 43.6 Å². The highest BCUT2D eigenvalue weighted by molar-refractivity contribution is 5.78. The van der Waals surface area contributed by atoms with Gasteiger partial charge in [0, 0.05) is 18.6 Å². The number of nitrogens with zero attached hydrogens (tertiary/aromatic N) is 8. The number of fused-ring (bicyclic) bond motifs is 3. The molecule has 0 aliphatic carbocycles. The van der Waals surface area contributed by atoms with Crippen LogP contribution in [0.4, 0.5) is 0 Å². The van der Waals surface area contributed by atoms with E-state index in [2.05, 4.69) is 19.9 Å². The number of aromatic amines is 1. The molecular weight excluding hydrogens is 454 g/mol. The zero-order valence-corrected chi connectivity index (χ0v) is 19.4. The summed E-state index contributed by atoms with van der Waals surface area (Å²) >= 11 is 0. The van der Waals surface area contributed by atoms with Crippen LogP contribution < -0.4 is 5.69 Å². The number of aromatic nitrogens is 9. The molecule has 0 spiro atoms. The van der Waals surface area contributed by atoms with Crippen LogP contribution in [0.15, 0.2) is 78.0 Å². The van der Waals surface area contributed by atoms with Crippen LogP contribution >= 0.6 is 0 Å². The Hall–Kier alpha value is -5.12. The lowest BCUT2D eigenvalue weighted by Crippen LogP contribution is -2.16. The molecule has 0 amide bonds. The van der Waals surface area contributed by atoms with Crippen molar-refractivity contribution in [3.05, 3.63) is 95.3 Å². The van der Waals surface area contributed by atoms with Crippen molar-refractivity contribution in [3.63, 3.8) is 0 Å². The summed E-state index contributed by atoms with van der Waals surface area (Å²) in [4.78, 5) is 39.0. The first-order valence-corrected chi connectivity index (χ1v) is 11.4. The Bertz CT molecular complexity index is 1910. The molecule has 6 heterocycles. The van der Waals surface area contributed by atoms with Gasteiger partial charge >= 0.3 is 5.69 Å². The molecule has 0 aliphatic rings. The van der Waals surface area contributed by atoms with Crippen molar-refractivity contribution >= 4 is 33.5 Å². The second-order valence-electron chi connectivity index (χ2n) is 8.53. The first-order valence-electron chi connectivity index (χ1n) is 11.4. The van der Waals surface area contributed by atoms with E-state index in [0.29, 0.717) is 16.9 Å². The quantitative estimate of drug-likeness (QED) is 0.418. The summed E-state index contributed by atoms with van der Waals surface area (Å²) in [6.45, 7) is 3.87. The van der Waals surface area contributed by atoms with Crippen molar-refractivity contribution in [1.29, 1.82) is 0 Å². The summed E-state index contributed by atoms with van der Waals surface area (Å²) in [7, 11) is 0. The molecule has 0 saturated heterocycles. The van der Waals surface area contributed by atoms with E-state index < -0.39 is 0 Å². The first-order chi connectivity index (χ1) is 17.6. The molecule has 10 nitrogen and oxygen atoms in total. The molecule has 36 heavy (non-hydrogen) atoms. The summed E-state index contributed by atoms with van der Waals surface area (Å²) in [6, 6.07) is 17.1. The highest BCUT2D eigenvalue weighted by Crippen LogP contribution is 2.28. The minimum atomic E-state index is -0.275. The number of benzene rings is 1. The van der Waals surface area contributed by atoms with Gasteiger partial charge in [0.25, 0.3) is 0 Å². The van der Waals surface area contributed by atoms with Crippen LogP contribution in [0.25, 0.3) is 50.6 Å². The van der Waals surface area contributed by atoms with Crippen LogP contribution in [0.5, 0.6) is 0 Å². The number of H-pyrrole nitrogens is 1. The lowest BCUT2D eigenvalue weighted by molar-refractivity contribution is 0.942. The number of pyridine rings is 3. The van der Waals surface area contributed by atoms with Crippen LogP contribution in [-0.4, -0.2) is 43.6 Å². The predicted molar refractivity (Wildman–Crippen MR) is 136 cm³/mol. The molecule has 1 aromatic carbocycles. The van der Waals surface area contributed by atoms with Gasteiger partial charge in [-0.1, -0.05) is 0 Å². The Balaban J connectivity index is 1.59. The smallest absolute Gasteiger partial charge is 0.304 e. The minimum absolute atomic E-state index is 0.275. The van der Waals surface area contributed by atoms with Crippen LogP contribution in [0.1, 0.15) is 11.6 Å². The maximum absolute atomic E-state index is 13.1. The fraction of sp³-hybridized carbons (Fsp3) is 0.0769. The van der Waals surface area contributed by atoms with Crippen molar-refractivity contribution < 1.29 is 0 Å². The summed E-state index contributed by atoms with van der Waals surface area (Å²) in [5, 5.41) is 0. The normalized spacial score (nSPS) is 11.7. The highest BCUT2D eigenvalue weighted by Gasteiger charge is 2.18. The Kier molecular flexibility index (Phi) is 4.19. The van der Waals surface area contributed by atoms with Crippen LogP contribution in [-0.2, 0) is 0 Å². The number of hydrogen-bond donors (Lipinski definition) is 1. The zero-order valence-electron chi connectivity index (χ0n) is 19.4. The molecule has 0 unspecified atom stereocenters. The molecule has 0 bridgehead atoms. The number of rotatable bonds is 3. The van der Waals surface area contributed by atoms with E-state index in [0.717, 1.165) is 45.4 Å². The Labute approximate surface area is 203 Å². The fourth-order valence-corrected chi connectivity index (χ4v) is 4.82. The summed E-state index contributed by atoms with van der Waals surface area (Å²) < 4.78 is 5.54. The molecule has 7 rings (SSSR count). The average Bonchev–Trinajstić information content (AvgIpc) is 3.51. The van der Waals surface area contributed by atoms with E-state index in [4.69, 9.17) is 9.97 Å². The average molecular weight is 474 g/mol. The lowest BCUT2D eigenvalue weighted by Gasteiger charge is -2.14. The Morgan fingerprint density at radius 3 is 1.67 bits per heavy atom. The lowest BCUT2D eigenvalue weighted by atomic mass is 10.2. The topological polar surface area (TPSA) is 112 Å². The minimum Gasteiger partial charge on any atom is -0.304 e. The van der Waals surface area contributed by atoms with Crippen molar-refractivity contribution in [3.8, 4) is 17.1 Å². The van der Waals surface area contributed by atoms with Gasteiger partial charge in [0.2, 0.25) is 0 Å². The van der Waals surface area contributed by atoms with E-state index in [-0.39, 0.29) is 5.69 Å². The third kappa shape index (κ3) is 2.91. The van der Waals surface area contributed by atoms with Gasteiger partial charge in [-0.15, -0.1) is 0 Å². The molecule has 7 aromatic rings. The SMILES string of the molecule is Cc1nc2cccnc2n1-c1cc(-n2c(C)nc3cccnc32)cc(-n2c(=O)[nH]c3cccnc32)c1. The number of hydrogen-bond acceptors (Lipinski definition) is 6. The van der Waals surface area contributed by atoms with Gasteiger partial charge in [0.1, 0.15) is 22.7 Å². The van der Waals surface area contributed by atoms with Crippen molar-refractivity contribution in [2.24, 2.45) is 0 Å². The summed E-state index contributed by atoms with van der Waals surface area (Å²) in [6.07, 6.45) is 5.16. The van der Waals surface area contributed by atoms with Gasteiger partial charge in [-0.2, -0.15) is 0 Å². The molecule has 0 atom stereocenters. The van der Waals surface area contributed by atoms with Gasteiger partial charge < -0.3 is 4.98 Å². The van der Waals surface area contributed by atoms with E-state index in [9.17, 15) is 4.79 Å². The largest absolute Gasteiger partial charge is 0.332 e. The van der Waals surface area contributed by atoms with E-state index >= 15 is 0 Å². The van der Waals surface area contributed by atoms with Crippen molar-refractivity contribution in [2.45, 2.75) is 13.8 Å². The third-order valence-corrected chi connectivity index (χ3v) is 6.27. The van der Waals surface area contributed by atoms with E-state index in [1.807, 2.05) is 71.5 Å². The highest BCUT2D eigenvalue weighted by atomic mass is 16.1. The molecule has 0 fully saturated rings. The van der Waals surface area contributed by atoms with Crippen LogP contribution in [0.3, 0.4) is 0 Å². The number of nitrogens with one attached hydrogen (secondary N) is 1. The molecule has 174 valence electrons. The Morgan fingerprint density at radius 2 is 1.11 bits per heavy atom. The van der Waals surface area contributed by atoms with E-state index in [1.165, 1.54) is 0 Å². The second kappa shape index (κ2) is 7.44. The maximum Gasteiger partial charge on any atom is 0.332 e. The van der Waals surface area contributed by atoms with E-state index in [1.54, 1.807) is 29.2 Å². The van der Waals surface area contributed by atoms with Crippen molar-refractivity contribution in [2.75, 3.05) is 0 Å². The standard InChI is InChI=1S/C26H19N9O/c1-15-30-20-6-3-9-27-23(20)33(15)17-12-18(34-16(2)31-21-7-4-10-28-24(21)34)14-19(13-17)35-25-22(32-26(35)36)8-5-11-29-25/h3-14H,1-2H3,(H,32,36). The molecule has 0 radical (unpaired) electrons. The fourth-order valence-electron chi connectivity index (χ4n) is 4.82. The molecular formula is C26H19N9O. The number of imidazole rings is 3. The van der Waals surface area contributed by atoms with Crippen LogP contribution in [0.2, 0.25) is 0 Å². The summed E-state index contributed by atoms with van der Waals surface area (Å²) in [5.74, 6) is 1.56. The molecule has 6 aromatic heterocycles. The van der Waals surface area contributed by atoms with Gasteiger partial charge in [-0.05, 0) is 68.4 Å². The molecule has 0 aliphatic heterocycles. The van der Waals surface area contributed by atoms with Gasteiger partial charge in [-0.3, -0.25) is 9.13 Å². The van der Waals surface area contributed by atoms with Gasteiger partial charge in [0.15, 0.2) is 16.9 Å². The summed E-state index contributed by atoms with van der Waals surface area (Å²) in [5.41, 5.74) is 6.21. The zero-order chi connectivity index (χ0) is 24.4. The van der Waals surface area contributed by atoms with Gasteiger partial charge in [0.05, 0.1) is 22.6 Å². The molecule has 10 heteroatoms. The second-order valence-corrected chi connectivity index (χ2v) is 8.53. The Morgan fingerprint density at radius 1 is 0.639 bits per heavy atom. The molecule has 0 saturated carbocycles.